The molecule has 0 saturated carbocycles. The van der Waals surface area contributed by atoms with Crippen molar-refractivity contribution in [1.29, 1.82) is 0 Å². The normalized spacial score (nSPS) is 20.0. The molecule has 2 rings (SSSR count). The first kappa shape index (κ1) is 11.9. The summed E-state index contributed by atoms with van der Waals surface area (Å²) in [6.45, 7) is 2.58. The van der Waals surface area contributed by atoms with Crippen LogP contribution in [0.5, 0.6) is 0 Å². The lowest BCUT2D eigenvalue weighted by Crippen LogP contribution is -2.39. The van der Waals surface area contributed by atoms with E-state index >= 15 is 0 Å². The van der Waals surface area contributed by atoms with Crippen LogP contribution in [0.2, 0.25) is 0 Å². The molecule has 1 heterocycles. The Morgan fingerprint density at radius 1 is 1.59 bits per heavy atom. The van der Waals surface area contributed by atoms with Crippen molar-refractivity contribution in [2.75, 3.05) is 18.5 Å². The minimum absolute atomic E-state index is 0.000463. The Hall–Kier alpha value is -1.55. The third kappa shape index (κ3) is 2.58. The highest BCUT2D eigenvalue weighted by molar-refractivity contribution is 5.86. The zero-order valence-electron chi connectivity index (χ0n) is 9.94. The highest BCUT2D eigenvalue weighted by atomic mass is 16.3. The number of hydrogen-bond donors (Lipinski definition) is 3. The van der Waals surface area contributed by atoms with Gasteiger partial charge < -0.3 is 15.7 Å². The van der Waals surface area contributed by atoms with Crippen LogP contribution >= 0.6 is 0 Å². The monoisotopic (exact) mass is 234 g/mol. The number of benzene rings is 1. The lowest BCUT2D eigenvalue weighted by atomic mass is 9.90. The maximum absolute atomic E-state index is 12.1. The molecule has 1 amide bonds. The molecule has 4 nitrogen and oxygen atoms in total. The van der Waals surface area contributed by atoms with Gasteiger partial charge in [0.2, 0.25) is 5.91 Å². The molecule has 0 aliphatic carbocycles. The second-order valence-electron chi connectivity index (χ2n) is 4.45. The van der Waals surface area contributed by atoms with Gasteiger partial charge in [0, 0.05) is 18.3 Å². The van der Waals surface area contributed by atoms with Crippen LogP contribution in [0.4, 0.5) is 5.69 Å². The van der Waals surface area contributed by atoms with Gasteiger partial charge in [-0.15, -0.1) is 0 Å². The number of carbonyl (C=O) groups excluding carboxylic acids is 1. The predicted molar refractivity (Wildman–Crippen MR) is 67.0 cm³/mol. The van der Waals surface area contributed by atoms with E-state index in [1.807, 2.05) is 24.3 Å². The van der Waals surface area contributed by atoms with Crippen molar-refractivity contribution in [3.8, 4) is 0 Å². The van der Waals surface area contributed by atoms with Crippen LogP contribution in [-0.2, 0) is 4.79 Å². The Labute approximate surface area is 101 Å². The van der Waals surface area contributed by atoms with E-state index in [9.17, 15) is 4.79 Å². The quantitative estimate of drug-likeness (QED) is 0.733. The Bertz CT molecular complexity index is 406. The zero-order valence-corrected chi connectivity index (χ0v) is 9.94. The summed E-state index contributed by atoms with van der Waals surface area (Å²) in [5.74, 6) is -0.109. The maximum atomic E-state index is 12.1. The molecule has 0 fully saturated rings. The molecule has 3 N–H and O–H groups in total. The lowest BCUT2D eigenvalue weighted by Gasteiger charge is -2.26. The van der Waals surface area contributed by atoms with Crippen molar-refractivity contribution in [3.63, 3.8) is 0 Å². The van der Waals surface area contributed by atoms with Crippen molar-refractivity contribution < 1.29 is 9.90 Å². The third-order valence-corrected chi connectivity index (χ3v) is 3.06. The standard InChI is InChI=1S/C13H18N2O2/c1-9(8-16)15-13(17)11-6-7-14-12-5-3-2-4-10(11)12/h2-5,9,11,14,16H,6-8H2,1H3,(H,15,17)/t9-,11?/m0/s1. The van der Waals surface area contributed by atoms with E-state index in [1.165, 1.54) is 0 Å². The Morgan fingerprint density at radius 2 is 2.35 bits per heavy atom. The number of aliphatic hydroxyl groups is 1. The molecule has 0 aromatic heterocycles. The van der Waals surface area contributed by atoms with E-state index in [1.54, 1.807) is 6.92 Å². The molecule has 0 radical (unpaired) electrons. The molecule has 0 bridgehead atoms. The summed E-state index contributed by atoms with van der Waals surface area (Å²) in [5, 5.41) is 15.1. The number of rotatable bonds is 3. The number of nitrogens with one attached hydrogen (secondary N) is 2. The van der Waals surface area contributed by atoms with Crippen LogP contribution in [0, 0.1) is 0 Å². The number of anilines is 1. The van der Waals surface area contributed by atoms with Crippen molar-refractivity contribution in [2.45, 2.75) is 25.3 Å². The van der Waals surface area contributed by atoms with Gasteiger partial charge in [-0.3, -0.25) is 4.79 Å². The van der Waals surface area contributed by atoms with E-state index < -0.39 is 0 Å². The average Bonchev–Trinajstić information content (AvgIpc) is 2.37. The minimum Gasteiger partial charge on any atom is -0.394 e. The summed E-state index contributed by atoms with van der Waals surface area (Å²) in [5.41, 5.74) is 2.08. The number of fused-ring (bicyclic) bond motifs is 1. The Balaban J connectivity index is 2.15. The molecular formula is C13H18N2O2. The highest BCUT2D eigenvalue weighted by Crippen LogP contribution is 2.31. The topological polar surface area (TPSA) is 61.4 Å². The zero-order chi connectivity index (χ0) is 12.3. The van der Waals surface area contributed by atoms with Crippen molar-refractivity contribution in [3.05, 3.63) is 29.8 Å². The number of para-hydroxylation sites is 1. The van der Waals surface area contributed by atoms with Gasteiger partial charge >= 0.3 is 0 Å². The van der Waals surface area contributed by atoms with Crippen LogP contribution in [0.15, 0.2) is 24.3 Å². The van der Waals surface area contributed by atoms with Crippen LogP contribution in [0.25, 0.3) is 0 Å². The van der Waals surface area contributed by atoms with Crippen LogP contribution < -0.4 is 10.6 Å². The molecule has 1 aliphatic heterocycles. The first-order chi connectivity index (χ1) is 8.22. The molecular weight excluding hydrogens is 216 g/mol. The largest absolute Gasteiger partial charge is 0.394 e. The molecule has 4 heteroatoms. The fourth-order valence-electron chi connectivity index (χ4n) is 2.13. The van der Waals surface area contributed by atoms with E-state index in [4.69, 9.17) is 5.11 Å². The Morgan fingerprint density at radius 3 is 3.12 bits per heavy atom. The fourth-order valence-corrected chi connectivity index (χ4v) is 2.13. The van der Waals surface area contributed by atoms with Crippen molar-refractivity contribution in [2.24, 2.45) is 0 Å². The first-order valence-electron chi connectivity index (χ1n) is 5.96. The van der Waals surface area contributed by atoms with Gasteiger partial charge in [-0.25, -0.2) is 0 Å². The van der Waals surface area contributed by atoms with E-state index in [0.29, 0.717) is 0 Å². The molecule has 1 aromatic rings. The molecule has 0 saturated heterocycles. The summed E-state index contributed by atoms with van der Waals surface area (Å²) in [7, 11) is 0. The SMILES string of the molecule is C[C@@H](CO)NC(=O)C1CCNc2ccccc21. The number of carbonyl (C=O) groups is 1. The molecule has 2 atom stereocenters. The van der Waals surface area contributed by atoms with Crippen molar-refractivity contribution in [1.82, 2.24) is 5.32 Å². The fraction of sp³-hybridized carbons (Fsp3) is 0.462. The first-order valence-corrected chi connectivity index (χ1v) is 5.96. The molecule has 0 spiro atoms. The van der Waals surface area contributed by atoms with Gasteiger partial charge in [-0.05, 0) is 25.0 Å². The third-order valence-electron chi connectivity index (χ3n) is 3.06. The van der Waals surface area contributed by atoms with Crippen LogP contribution in [-0.4, -0.2) is 30.2 Å². The Kier molecular flexibility index (Phi) is 3.64. The van der Waals surface area contributed by atoms with Gasteiger partial charge in [-0.1, -0.05) is 18.2 Å². The second kappa shape index (κ2) is 5.19. The highest BCUT2D eigenvalue weighted by Gasteiger charge is 2.26. The number of amides is 1. The number of aliphatic hydroxyl groups excluding tert-OH is 1. The summed E-state index contributed by atoms with van der Waals surface area (Å²) >= 11 is 0. The van der Waals surface area contributed by atoms with E-state index in [0.717, 1.165) is 24.2 Å². The van der Waals surface area contributed by atoms with Gasteiger partial charge in [-0.2, -0.15) is 0 Å². The van der Waals surface area contributed by atoms with E-state index in [2.05, 4.69) is 10.6 Å². The molecule has 1 unspecified atom stereocenters. The summed E-state index contributed by atoms with van der Waals surface area (Å²) in [4.78, 5) is 12.1. The predicted octanol–water partition coefficient (Wildman–Crippen LogP) is 1.08. The summed E-state index contributed by atoms with van der Waals surface area (Å²) in [6, 6.07) is 7.69. The molecule has 1 aromatic carbocycles. The average molecular weight is 234 g/mol. The van der Waals surface area contributed by atoms with Gasteiger partial charge in [0.05, 0.1) is 12.5 Å². The van der Waals surface area contributed by atoms with E-state index in [-0.39, 0.29) is 24.5 Å². The van der Waals surface area contributed by atoms with Gasteiger partial charge in [0.1, 0.15) is 0 Å². The molecule has 1 aliphatic rings. The van der Waals surface area contributed by atoms with Gasteiger partial charge in [0.15, 0.2) is 0 Å². The maximum Gasteiger partial charge on any atom is 0.227 e. The molecule has 92 valence electrons. The summed E-state index contributed by atoms with van der Waals surface area (Å²) in [6.07, 6.45) is 0.793. The molecule has 17 heavy (non-hydrogen) atoms. The van der Waals surface area contributed by atoms with Crippen molar-refractivity contribution >= 4 is 11.6 Å². The second-order valence-corrected chi connectivity index (χ2v) is 4.45. The summed E-state index contributed by atoms with van der Waals surface area (Å²) < 4.78 is 0. The van der Waals surface area contributed by atoms with Crippen LogP contribution in [0.1, 0.15) is 24.8 Å². The lowest BCUT2D eigenvalue weighted by molar-refractivity contribution is -0.123. The van der Waals surface area contributed by atoms with Gasteiger partial charge in [0.25, 0.3) is 0 Å². The number of hydrogen-bond acceptors (Lipinski definition) is 3. The van der Waals surface area contributed by atoms with Crippen LogP contribution in [0.3, 0.4) is 0 Å². The smallest absolute Gasteiger partial charge is 0.227 e. The minimum atomic E-state index is -0.190.